The quantitative estimate of drug-likeness (QED) is 0.198. The van der Waals surface area contributed by atoms with Gasteiger partial charge >= 0.3 is 5.97 Å². The molecule has 1 spiro atoms. The van der Waals surface area contributed by atoms with E-state index in [-0.39, 0.29) is 28.5 Å². The fourth-order valence-corrected chi connectivity index (χ4v) is 9.45. The summed E-state index contributed by atoms with van der Waals surface area (Å²) in [6, 6.07) is -0.645. The molecule has 3 aliphatic rings. The Balaban J connectivity index is 1.91. The van der Waals surface area contributed by atoms with Crippen LogP contribution >= 0.6 is 27.7 Å². The molecular formula is C24H37BrN2O5S. The first-order valence-corrected chi connectivity index (χ1v) is 14.0. The van der Waals surface area contributed by atoms with Crippen molar-refractivity contribution in [1.82, 2.24) is 9.80 Å². The number of aliphatic hydroxyl groups is 1. The number of alkyl halides is 1. The van der Waals surface area contributed by atoms with Crippen LogP contribution in [-0.2, 0) is 14.4 Å². The number of unbranched alkanes of at least 4 members (excludes halogenated alkanes) is 5. The van der Waals surface area contributed by atoms with Gasteiger partial charge in [0.05, 0.1) is 16.6 Å². The Morgan fingerprint density at radius 3 is 2.64 bits per heavy atom. The number of rotatable bonds is 14. The van der Waals surface area contributed by atoms with E-state index in [0.717, 1.165) is 44.9 Å². The molecule has 0 aliphatic carbocycles. The fourth-order valence-electron chi connectivity index (χ4n) is 5.85. The summed E-state index contributed by atoms with van der Waals surface area (Å²) in [6.07, 6.45) is 8.48. The van der Waals surface area contributed by atoms with Crippen molar-refractivity contribution in [2.45, 2.75) is 79.2 Å². The first-order chi connectivity index (χ1) is 15.8. The van der Waals surface area contributed by atoms with Gasteiger partial charge in [0.15, 0.2) is 0 Å². The smallest absolute Gasteiger partial charge is 0.308 e. The Morgan fingerprint density at radius 1 is 1.27 bits per heavy atom. The molecule has 3 unspecified atom stereocenters. The lowest BCUT2D eigenvalue weighted by molar-refractivity contribution is -0.148. The van der Waals surface area contributed by atoms with Gasteiger partial charge in [-0.25, -0.2) is 0 Å². The number of hydrogen-bond acceptors (Lipinski definition) is 5. The number of carbonyl (C=O) groups is 3. The second kappa shape index (κ2) is 11.6. The zero-order valence-electron chi connectivity index (χ0n) is 19.5. The van der Waals surface area contributed by atoms with Gasteiger partial charge in [-0.3, -0.25) is 14.4 Å². The number of aliphatic carboxylic acids is 1. The molecule has 2 amide bonds. The van der Waals surface area contributed by atoms with Gasteiger partial charge < -0.3 is 20.0 Å². The van der Waals surface area contributed by atoms with Gasteiger partial charge in [0.1, 0.15) is 6.04 Å². The summed E-state index contributed by atoms with van der Waals surface area (Å²) < 4.78 is -0.703. The van der Waals surface area contributed by atoms with E-state index >= 15 is 0 Å². The fraction of sp³-hybridized carbons (Fsp3) is 0.792. The van der Waals surface area contributed by atoms with Crippen molar-refractivity contribution in [3.63, 3.8) is 0 Å². The van der Waals surface area contributed by atoms with E-state index in [9.17, 15) is 19.5 Å². The molecule has 2 N–H and O–H groups in total. The van der Waals surface area contributed by atoms with Crippen LogP contribution in [0.3, 0.4) is 0 Å². The molecule has 9 heteroatoms. The number of carbonyl (C=O) groups excluding carboxylic acids is 2. The Hall–Kier alpha value is -1.06. The zero-order chi connectivity index (χ0) is 24.2. The number of fused-ring (bicyclic) bond motifs is 1. The number of amides is 2. The minimum Gasteiger partial charge on any atom is -0.481 e. The Bertz CT molecular complexity index is 752. The molecule has 3 fully saturated rings. The predicted octanol–water partition coefficient (Wildman–Crippen LogP) is 3.29. The number of aliphatic hydroxyl groups excluding tert-OH is 1. The van der Waals surface area contributed by atoms with Gasteiger partial charge in [0.25, 0.3) is 0 Å². The van der Waals surface area contributed by atoms with Crippen molar-refractivity contribution in [3.8, 4) is 0 Å². The number of likely N-dealkylation sites (tertiary alicyclic amines) is 1. The molecule has 3 rings (SSSR count). The Kier molecular flexibility index (Phi) is 9.31. The van der Waals surface area contributed by atoms with Gasteiger partial charge in [0, 0.05) is 36.3 Å². The number of carboxylic acid groups (broad SMARTS) is 1. The largest absolute Gasteiger partial charge is 0.481 e. The van der Waals surface area contributed by atoms with E-state index in [2.05, 4.69) is 29.4 Å². The van der Waals surface area contributed by atoms with E-state index in [4.69, 9.17) is 5.11 Å². The maximum atomic E-state index is 14.0. The molecule has 0 aromatic heterocycles. The average Bonchev–Trinajstić information content (AvgIpc) is 3.36. The normalized spacial score (nSPS) is 32.3. The maximum absolute atomic E-state index is 14.0. The molecule has 3 saturated heterocycles. The van der Waals surface area contributed by atoms with Crippen LogP contribution < -0.4 is 0 Å². The Labute approximate surface area is 209 Å². The Morgan fingerprint density at radius 2 is 2.00 bits per heavy atom. The van der Waals surface area contributed by atoms with E-state index in [1.807, 2.05) is 4.90 Å². The highest BCUT2D eigenvalue weighted by atomic mass is 79.9. The molecule has 3 aliphatic heterocycles. The van der Waals surface area contributed by atoms with Gasteiger partial charge in [-0.15, -0.1) is 18.3 Å². The summed E-state index contributed by atoms with van der Waals surface area (Å²) in [5.74, 6) is -2.63. The lowest BCUT2D eigenvalue weighted by Gasteiger charge is -2.37. The van der Waals surface area contributed by atoms with E-state index in [0.29, 0.717) is 26.1 Å². The monoisotopic (exact) mass is 544 g/mol. The minimum absolute atomic E-state index is 0.0274. The van der Waals surface area contributed by atoms with Gasteiger partial charge in [-0.2, -0.15) is 0 Å². The lowest BCUT2D eigenvalue weighted by Crippen LogP contribution is -2.55. The highest BCUT2D eigenvalue weighted by Crippen LogP contribution is 2.67. The van der Waals surface area contributed by atoms with Crippen molar-refractivity contribution < 1.29 is 24.6 Å². The van der Waals surface area contributed by atoms with Gasteiger partial charge in [-0.1, -0.05) is 54.6 Å². The molecule has 186 valence electrons. The van der Waals surface area contributed by atoms with Crippen LogP contribution in [-0.4, -0.2) is 84.9 Å². The highest BCUT2D eigenvalue weighted by molar-refractivity contribution is 9.09. The van der Waals surface area contributed by atoms with Gasteiger partial charge in [-0.05, 0) is 25.7 Å². The van der Waals surface area contributed by atoms with Crippen molar-refractivity contribution in [3.05, 3.63) is 12.7 Å². The average molecular weight is 546 g/mol. The molecule has 7 nitrogen and oxygen atoms in total. The van der Waals surface area contributed by atoms with Crippen molar-refractivity contribution in [2.75, 3.05) is 26.2 Å². The maximum Gasteiger partial charge on any atom is 0.308 e. The topological polar surface area (TPSA) is 98.2 Å². The molecule has 0 radical (unpaired) electrons. The van der Waals surface area contributed by atoms with Crippen molar-refractivity contribution >= 4 is 45.5 Å². The first-order valence-electron chi connectivity index (χ1n) is 12.2. The summed E-state index contributed by atoms with van der Waals surface area (Å²) in [6.45, 7) is 7.57. The van der Waals surface area contributed by atoms with E-state index < -0.39 is 28.6 Å². The van der Waals surface area contributed by atoms with E-state index in [1.54, 1.807) is 22.7 Å². The molecule has 33 heavy (non-hydrogen) atoms. The van der Waals surface area contributed by atoms with Crippen LogP contribution in [0.4, 0.5) is 0 Å². The number of thioether (sulfide) groups is 1. The molecule has 0 aromatic rings. The molecule has 0 saturated carbocycles. The number of hydrogen-bond donors (Lipinski definition) is 2. The predicted molar refractivity (Wildman–Crippen MR) is 133 cm³/mol. The summed E-state index contributed by atoms with van der Waals surface area (Å²) in [5, 5.41) is 18.8. The number of halogens is 1. The third kappa shape index (κ3) is 5.01. The summed E-state index contributed by atoms with van der Waals surface area (Å²) in [5.41, 5.74) is 0. The van der Waals surface area contributed by atoms with Gasteiger partial charge in [0.2, 0.25) is 11.8 Å². The lowest BCUT2D eigenvalue weighted by atomic mass is 9.71. The van der Waals surface area contributed by atoms with E-state index in [1.165, 1.54) is 0 Å². The number of carboxylic acids is 1. The third-order valence-electron chi connectivity index (χ3n) is 7.31. The first kappa shape index (κ1) is 26.5. The van der Waals surface area contributed by atoms with Crippen LogP contribution in [0.25, 0.3) is 0 Å². The number of nitrogens with zero attached hydrogens (tertiary/aromatic N) is 2. The zero-order valence-corrected chi connectivity index (χ0v) is 21.9. The molecule has 2 bridgehead atoms. The summed E-state index contributed by atoms with van der Waals surface area (Å²) in [4.78, 5) is 43.4. The molecular weight excluding hydrogens is 508 g/mol. The molecule has 3 heterocycles. The van der Waals surface area contributed by atoms with Crippen molar-refractivity contribution in [1.29, 1.82) is 0 Å². The second-order valence-corrected chi connectivity index (χ2v) is 12.2. The van der Waals surface area contributed by atoms with Crippen LogP contribution in [0.15, 0.2) is 12.7 Å². The molecule has 6 atom stereocenters. The standard InChI is InChI=1S/C24H37BrN2O5S/c1-3-5-8-12-26(11-4-2)22(30)20-24-15-16(25)19(33-24)17(23(31)32)18(24)21(29)27(20)13-9-6-7-10-14-28/h4,16-20,28H,2-3,5-15H2,1H3,(H,31,32)/t16?,17-,18+,19-,20?,24?/m1/s1. The van der Waals surface area contributed by atoms with Crippen LogP contribution in [0.2, 0.25) is 0 Å². The summed E-state index contributed by atoms with van der Waals surface area (Å²) >= 11 is 5.23. The van der Waals surface area contributed by atoms with Crippen LogP contribution in [0.1, 0.15) is 58.3 Å². The van der Waals surface area contributed by atoms with Crippen molar-refractivity contribution in [2.24, 2.45) is 11.8 Å². The van der Waals surface area contributed by atoms with Crippen LogP contribution in [0, 0.1) is 11.8 Å². The second-order valence-electron chi connectivity index (χ2n) is 9.45. The highest BCUT2D eigenvalue weighted by Gasteiger charge is 2.75. The minimum atomic E-state index is -0.946. The molecule has 0 aromatic carbocycles. The van der Waals surface area contributed by atoms with Crippen LogP contribution in [0.5, 0.6) is 0 Å². The SMILES string of the molecule is C=CCN(CCCCC)C(=O)C1N(CCCCCCO)C(=O)[C@@H]2[C@@H](C(=O)O)[C@@H]3SC12CC3Br. The third-order valence-corrected chi connectivity index (χ3v) is 10.5. The summed E-state index contributed by atoms with van der Waals surface area (Å²) in [7, 11) is 0.